The zero-order chi connectivity index (χ0) is 28.1. The Hall–Kier alpha value is -4.89. The Morgan fingerprint density at radius 3 is 2.48 bits per heavy atom. The Kier molecular flexibility index (Phi) is 7.93. The molecule has 5 aromatic rings. The van der Waals surface area contributed by atoms with Crippen molar-refractivity contribution < 1.29 is 23.5 Å². The highest BCUT2D eigenvalue weighted by Gasteiger charge is 2.17. The summed E-state index contributed by atoms with van der Waals surface area (Å²) in [6.45, 7) is 0.906. The maximum Gasteiger partial charge on any atom is 0.337 e. The van der Waals surface area contributed by atoms with Gasteiger partial charge in [0.25, 0.3) is 5.91 Å². The fraction of sp³-hybridized carbons (Fsp3) is 0.161. The molecule has 40 heavy (non-hydrogen) atoms. The van der Waals surface area contributed by atoms with E-state index in [0.717, 1.165) is 5.52 Å². The van der Waals surface area contributed by atoms with E-state index in [-0.39, 0.29) is 12.3 Å². The molecule has 0 bridgehead atoms. The molecule has 0 saturated carbocycles. The molecule has 3 aromatic carbocycles. The van der Waals surface area contributed by atoms with Crippen molar-refractivity contribution in [3.05, 3.63) is 113 Å². The van der Waals surface area contributed by atoms with E-state index in [2.05, 4.69) is 10.3 Å². The summed E-state index contributed by atoms with van der Waals surface area (Å²) in [6.07, 6.45) is 0.235. The van der Waals surface area contributed by atoms with E-state index in [1.54, 1.807) is 79.9 Å². The summed E-state index contributed by atoms with van der Waals surface area (Å²) in [5.74, 6) is -0.110. The van der Waals surface area contributed by atoms with Crippen molar-refractivity contribution in [2.45, 2.75) is 13.0 Å². The number of halogens is 1. The number of carbonyl (C=O) groups is 2. The van der Waals surface area contributed by atoms with E-state index >= 15 is 4.39 Å². The zero-order valence-corrected chi connectivity index (χ0v) is 22.1. The fourth-order valence-electron chi connectivity index (χ4n) is 4.45. The largest absolute Gasteiger partial charge is 0.465 e. The number of hydrogen-bond acceptors (Lipinski definition) is 6. The number of esters is 1. The van der Waals surface area contributed by atoms with Crippen LogP contribution in [0.5, 0.6) is 0 Å². The molecule has 1 N–H and O–H groups in total. The number of anilines is 1. The second-order valence-electron chi connectivity index (χ2n) is 9.08. The number of fused-ring (bicyclic) bond motifs is 1. The maximum absolute atomic E-state index is 15.4. The average molecular weight is 539 g/mol. The molecule has 9 heteroatoms. The highest BCUT2D eigenvalue weighted by Crippen LogP contribution is 2.25. The highest BCUT2D eigenvalue weighted by molar-refractivity contribution is 6.03. The summed E-state index contributed by atoms with van der Waals surface area (Å²) in [6, 6.07) is 24.1. The Morgan fingerprint density at radius 1 is 0.900 bits per heavy atom. The van der Waals surface area contributed by atoms with Crippen LogP contribution in [-0.2, 0) is 22.4 Å². The number of nitrogens with one attached hydrogen (secondary N) is 1. The minimum absolute atomic E-state index is 0.235. The third-order valence-corrected chi connectivity index (χ3v) is 6.49. The fourth-order valence-corrected chi connectivity index (χ4v) is 4.45. The molecule has 0 aliphatic carbocycles. The molecule has 0 radical (unpaired) electrons. The Balaban J connectivity index is 1.40. The average Bonchev–Trinajstić information content (AvgIpc) is 3.33. The topological polar surface area (TPSA) is 95.3 Å². The number of methoxy groups -OCH3 is 2. The number of benzene rings is 3. The summed E-state index contributed by atoms with van der Waals surface area (Å²) >= 11 is 0. The van der Waals surface area contributed by atoms with Crippen LogP contribution >= 0.6 is 0 Å². The van der Waals surface area contributed by atoms with Crippen LogP contribution in [0.25, 0.3) is 22.3 Å². The normalized spacial score (nSPS) is 11.0. The van der Waals surface area contributed by atoms with Crippen LogP contribution in [0.2, 0.25) is 0 Å². The summed E-state index contributed by atoms with van der Waals surface area (Å²) in [5, 5.41) is 2.78. The second kappa shape index (κ2) is 11.9. The van der Waals surface area contributed by atoms with E-state index in [9.17, 15) is 9.59 Å². The number of nitrogens with zero attached hydrogens (tertiary/aromatic N) is 3. The predicted octanol–water partition coefficient (Wildman–Crippen LogP) is 5.51. The molecule has 0 atom stereocenters. The lowest BCUT2D eigenvalue weighted by Gasteiger charge is -2.11. The monoisotopic (exact) mass is 538 g/mol. The van der Waals surface area contributed by atoms with Crippen molar-refractivity contribution in [1.29, 1.82) is 0 Å². The van der Waals surface area contributed by atoms with Crippen molar-refractivity contribution in [3.63, 3.8) is 0 Å². The number of amides is 1. The van der Waals surface area contributed by atoms with Gasteiger partial charge in [-0.25, -0.2) is 19.2 Å². The van der Waals surface area contributed by atoms with Gasteiger partial charge in [-0.2, -0.15) is 0 Å². The molecule has 0 saturated heterocycles. The summed E-state index contributed by atoms with van der Waals surface area (Å²) in [7, 11) is 2.94. The van der Waals surface area contributed by atoms with Crippen molar-refractivity contribution in [2.24, 2.45) is 0 Å². The Labute approximate surface area is 230 Å². The van der Waals surface area contributed by atoms with Gasteiger partial charge in [0.2, 0.25) is 0 Å². The number of imidazole rings is 1. The number of pyridine rings is 1. The van der Waals surface area contributed by atoms with Crippen LogP contribution in [-0.4, -0.2) is 47.2 Å². The lowest BCUT2D eigenvalue weighted by atomic mass is 10.1. The van der Waals surface area contributed by atoms with Crippen molar-refractivity contribution >= 4 is 28.7 Å². The smallest absolute Gasteiger partial charge is 0.337 e. The van der Waals surface area contributed by atoms with Gasteiger partial charge in [-0.1, -0.05) is 36.4 Å². The van der Waals surface area contributed by atoms with Gasteiger partial charge in [-0.3, -0.25) is 4.79 Å². The number of ether oxygens (including phenoxy) is 2. The number of rotatable bonds is 9. The number of aromatic nitrogens is 3. The molecule has 0 unspecified atom stereocenters. The summed E-state index contributed by atoms with van der Waals surface area (Å²) < 4.78 is 27.4. The number of carbonyl (C=O) groups excluding carboxylic acids is 2. The molecular weight excluding hydrogens is 511 g/mol. The minimum atomic E-state index is -0.443. The molecule has 202 valence electrons. The van der Waals surface area contributed by atoms with Gasteiger partial charge in [-0.15, -0.1) is 0 Å². The first-order valence-corrected chi connectivity index (χ1v) is 12.7. The van der Waals surface area contributed by atoms with E-state index in [4.69, 9.17) is 14.5 Å². The van der Waals surface area contributed by atoms with Crippen molar-refractivity contribution in [1.82, 2.24) is 14.5 Å². The second-order valence-corrected chi connectivity index (χ2v) is 9.08. The Bertz CT molecular complexity index is 1680. The third kappa shape index (κ3) is 5.74. The molecule has 8 nitrogen and oxygen atoms in total. The summed E-state index contributed by atoms with van der Waals surface area (Å²) in [4.78, 5) is 33.8. The van der Waals surface area contributed by atoms with Crippen LogP contribution in [0.1, 0.15) is 32.1 Å². The zero-order valence-electron chi connectivity index (χ0n) is 22.1. The first-order chi connectivity index (χ1) is 19.5. The first kappa shape index (κ1) is 26.7. The molecule has 2 heterocycles. The lowest BCUT2D eigenvalue weighted by Crippen LogP contribution is -2.12. The van der Waals surface area contributed by atoms with Crippen molar-refractivity contribution in [3.8, 4) is 11.3 Å². The molecule has 0 aliphatic heterocycles. The Morgan fingerprint density at radius 2 is 1.73 bits per heavy atom. The molecule has 0 spiro atoms. The molecule has 0 fully saturated rings. The summed E-state index contributed by atoms with van der Waals surface area (Å²) in [5.41, 5.74) is 3.92. The SMILES string of the molecule is COCCn1c(Cc2ccc(-c3cccc(NC(=O)c4ccccc4)n3)cc2F)nc2ccc(C(=O)OC)cc21. The van der Waals surface area contributed by atoms with E-state index < -0.39 is 11.8 Å². The van der Waals surface area contributed by atoms with Gasteiger partial charge < -0.3 is 19.4 Å². The molecule has 5 rings (SSSR count). The van der Waals surface area contributed by atoms with E-state index in [1.165, 1.54) is 13.2 Å². The molecule has 0 aliphatic rings. The van der Waals surface area contributed by atoms with Crippen molar-refractivity contribution in [2.75, 3.05) is 26.1 Å². The lowest BCUT2D eigenvalue weighted by molar-refractivity contribution is 0.0600. The van der Waals surface area contributed by atoms with Gasteiger partial charge in [0, 0.05) is 31.2 Å². The first-order valence-electron chi connectivity index (χ1n) is 12.7. The molecular formula is C31H27FN4O4. The third-order valence-electron chi connectivity index (χ3n) is 6.49. The van der Waals surface area contributed by atoms with Gasteiger partial charge in [0.05, 0.1) is 36.0 Å². The van der Waals surface area contributed by atoms with Gasteiger partial charge >= 0.3 is 5.97 Å². The molecule has 2 aromatic heterocycles. The quantitative estimate of drug-likeness (QED) is 0.249. The van der Waals surface area contributed by atoms with Gasteiger partial charge in [0.15, 0.2) is 0 Å². The maximum atomic E-state index is 15.4. The van der Waals surface area contributed by atoms with Gasteiger partial charge in [0.1, 0.15) is 17.5 Å². The predicted molar refractivity (Wildman–Crippen MR) is 150 cm³/mol. The van der Waals surface area contributed by atoms with Crippen LogP contribution in [0.4, 0.5) is 10.2 Å². The minimum Gasteiger partial charge on any atom is -0.465 e. The van der Waals surface area contributed by atoms with Crippen LogP contribution in [0.15, 0.2) is 84.9 Å². The van der Waals surface area contributed by atoms with Crippen LogP contribution < -0.4 is 5.32 Å². The van der Waals surface area contributed by atoms with Crippen LogP contribution in [0, 0.1) is 5.82 Å². The highest BCUT2D eigenvalue weighted by atomic mass is 19.1. The van der Waals surface area contributed by atoms with E-state index in [1.807, 2.05) is 10.6 Å². The van der Waals surface area contributed by atoms with E-state index in [0.29, 0.717) is 58.3 Å². The van der Waals surface area contributed by atoms with Gasteiger partial charge in [-0.05, 0) is 54.1 Å². The molecule has 1 amide bonds. The van der Waals surface area contributed by atoms with Crippen LogP contribution in [0.3, 0.4) is 0 Å². The standard InChI is InChI=1S/C31H27FN4O4/c1-39-16-15-36-27-18-23(31(38)40-2)13-14-26(27)34-29(36)19-21-11-12-22(17-24(21)32)25-9-6-10-28(33-25)35-30(37)20-7-4-3-5-8-20/h3-14,17-18H,15-16,19H2,1-2H3,(H,33,35,37). The number of hydrogen-bond donors (Lipinski definition) is 1.